The number of piperazine rings is 1. The molecule has 0 aliphatic carbocycles. The molecule has 1 aliphatic heterocycles. The second kappa shape index (κ2) is 10.4. The molecular weight excluding hydrogens is 446 g/mol. The maximum absolute atomic E-state index is 12.5. The van der Waals surface area contributed by atoms with Gasteiger partial charge in [0.1, 0.15) is 5.75 Å². The third kappa shape index (κ3) is 6.01. The van der Waals surface area contributed by atoms with E-state index in [-0.39, 0.29) is 25.0 Å². The van der Waals surface area contributed by atoms with Gasteiger partial charge in [-0.15, -0.1) is 0 Å². The molecule has 1 aromatic heterocycles. The molecule has 0 spiro atoms. The van der Waals surface area contributed by atoms with Crippen LogP contribution >= 0.6 is 11.6 Å². The molecule has 2 aromatic carbocycles. The number of aromatic nitrogens is 2. The van der Waals surface area contributed by atoms with Crippen LogP contribution < -0.4 is 15.0 Å². The summed E-state index contributed by atoms with van der Waals surface area (Å²) in [7, 11) is 0. The average Bonchev–Trinajstić information content (AvgIpc) is 3.27. The zero-order valence-corrected chi connectivity index (χ0v) is 18.9. The number of hydrogen-bond acceptors (Lipinski definition) is 7. The lowest BCUT2D eigenvalue weighted by molar-refractivity contribution is -0.130. The van der Waals surface area contributed by atoms with E-state index in [0.717, 1.165) is 18.8 Å². The summed E-state index contributed by atoms with van der Waals surface area (Å²) in [5.41, 5.74) is 1.53. The number of carbonyl (C=O) groups is 2. The number of halogens is 1. The van der Waals surface area contributed by atoms with Crippen LogP contribution in [0.25, 0.3) is 0 Å². The topological polar surface area (TPSA) is 101 Å². The molecule has 9 nitrogen and oxygen atoms in total. The van der Waals surface area contributed by atoms with E-state index >= 15 is 0 Å². The number of amides is 2. The van der Waals surface area contributed by atoms with Crippen LogP contribution in [-0.2, 0) is 11.4 Å². The number of rotatable bonds is 7. The molecule has 3 aromatic rings. The lowest BCUT2D eigenvalue weighted by atomic mass is 10.2. The van der Waals surface area contributed by atoms with Crippen molar-refractivity contribution < 1.29 is 18.8 Å². The number of nitrogens with one attached hydrogen (secondary N) is 1. The fraction of sp³-hybridized carbons (Fsp3) is 0.304. The lowest BCUT2D eigenvalue weighted by Crippen LogP contribution is -2.51. The van der Waals surface area contributed by atoms with Crippen LogP contribution in [0.1, 0.15) is 22.1 Å². The van der Waals surface area contributed by atoms with Gasteiger partial charge in [0.2, 0.25) is 17.6 Å². The molecule has 0 saturated carbocycles. The molecule has 0 radical (unpaired) electrons. The summed E-state index contributed by atoms with van der Waals surface area (Å²) in [6.45, 7) is 4.48. The van der Waals surface area contributed by atoms with Crippen LogP contribution in [0.4, 0.5) is 5.69 Å². The van der Waals surface area contributed by atoms with Crippen molar-refractivity contribution in [1.82, 2.24) is 20.4 Å². The zero-order chi connectivity index (χ0) is 23.2. The summed E-state index contributed by atoms with van der Waals surface area (Å²) < 4.78 is 10.5. The molecule has 4 rings (SSSR count). The number of carbonyl (C=O) groups excluding carboxylic acids is 2. The Kier molecular flexibility index (Phi) is 7.09. The van der Waals surface area contributed by atoms with Gasteiger partial charge in [0, 0.05) is 49.4 Å². The summed E-state index contributed by atoms with van der Waals surface area (Å²) >= 11 is 5.95. The molecular formula is C23H24ClN5O4. The van der Waals surface area contributed by atoms with Crippen LogP contribution in [0, 0.1) is 6.92 Å². The van der Waals surface area contributed by atoms with Gasteiger partial charge in [-0.3, -0.25) is 9.59 Å². The van der Waals surface area contributed by atoms with E-state index in [1.54, 1.807) is 36.1 Å². The summed E-state index contributed by atoms with van der Waals surface area (Å²) in [6.07, 6.45) is 0. The number of aryl methyl sites for hydroxylation is 1. The van der Waals surface area contributed by atoms with Crippen LogP contribution in [0.2, 0.25) is 5.02 Å². The number of hydrogen-bond donors (Lipinski definition) is 1. The highest BCUT2D eigenvalue weighted by atomic mass is 35.5. The Balaban J connectivity index is 1.20. The minimum absolute atomic E-state index is 0.0464. The molecule has 10 heteroatoms. The molecule has 1 saturated heterocycles. The smallest absolute Gasteiger partial charge is 0.251 e. The van der Waals surface area contributed by atoms with E-state index < -0.39 is 0 Å². The van der Waals surface area contributed by atoms with Gasteiger partial charge in [-0.1, -0.05) is 16.8 Å². The van der Waals surface area contributed by atoms with E-state index in [1.165, 1.54) is 0 Å². The van der Waals surface area contributed by atoms with Gasteiger partial charge in [0.25, 0.3) is 5.91 Å². The van der Waals surface area contributed by atoms with Crippen molar-refractivity contribution >= 4 is 29.1 Å². The Morgan fingerprint density at radius 1 is 1.06 bits per heavy atom. The molecule has 1 fully saturated rings. The first-order valence-corrected chi connectivity index (χ1v) is 10.9. The van der Waals surface area contributed by atoms with Crippen molar-refractivity contribution in [3.05, 3.63) is 70.8 Å². The Hall–Kier alpha value is -3.59. The van der Waals surface area contributed by atoms with Crippen LogP contribution in [-0.4, -0.2) is 59.6 Å². The van der Waals surface area contributed by atoms with Gasteiger partial charge < -0.3 is 24.4 Å². The fourth-order valence-corrected chi connectivity index (χ4v) is 3.61. The normalized spacial score (nSPS) is 13.6. The Bertz CT molecular complexity index is 1090. The second-order valence-corrected chi connectivity index (χ2v) is 8.01. The monoisotopic (exact) mass is 469 g/mol. The summed E-state index contributed by atoms with van der Waals surface area (Å²) in [5, 5.41) is 7.15. The largest absolute Gasteiger partial charge is 0.485 e. The predicted octanol–water partition coefficient (Wildman–Crippen LogP) is 2.69. The summed E-state index contributed by atoms with van der Waals surface area (Å²) in [4.78, 5) is 33.0. The number of ether oxygens (including phenoxy) is 1. The van der Waals surface area contributed by atoms with Crippen LogP contribution in [0.5, 0.6) is 5.75 Å². The Labute approximate surface area is 196 Å². The highest BCUT2D eigenvalue weighted by molar-refractivity contribution is 6.30. The van der Waals surface area contributed by atoms with Crippen molar-refractivity contribution in [2.45, 2.75) is 13.5 Å². The van der Waals surface area contributed by atoms with Crippen molar-refractivity contribution in [3.8, 4) is 5.75 Å². The first-order chi connectivity index (χ1) is 16.0. The van der Waals surface area contributed by atoms with E-state index in [4.69, 9.17) is 20.9 Å². The van der Waals surface area contributed by atoms with Gasteiger partial charge in [-0.2, -0.15) is 4.98 Å². The third-order valence-electron chi connectivity index (χ3n) is 5.28. The molecule has 1 aliphatic rings. The molecule has 2 amide bonds. The van der Waals surface area contributed by atoms with Gasteiger partial charge in [-0.05, 0) is 48.5 Å². The van der Waals surface area contributed by atoms with Gasteiger partial charge in [0.05, 0.1) is 6.54 Å². The molecule has 0 bridgehead atoms. The highest BCUT2D eigenvalue weighted by Crippen LogP contribution is 2.19. The molecule has 0 unspecified atom stereocenters. The van der Waals surface area contributed by atoms with Crippen molar-refractivity contribution in [1.29, 1.82) is 0 Å². The molecule has 1 N–H and O–H groups in total. The molecule has 172 valence electrons. The van der Waals surface area contributed by atoms with Gasteiger partial charge >= 0.3 is 0 Å². The number of anilines is 1. The van der Waals surface area contributed by atoms with Crippen molar-refractivity contribution in [3.63, 3.8) is 0 Å². The maximum atomic E-state index is 12.5. The summed E-state index contributed by atoms with van der Waals surface area (Å²) in [6, 6.07) is 14.3. The van der Waals surface area contributed by atoms with Crippen LogP contribution in [0.3, 0.4) is 0 Å². The first kappa shape index (κ1) is 22.6. The van der Waals surface area contributed by atoms with Crippen molar-refractivity contribution in [2.24, 2.45) is 0 Å². The Morgan fingerprint density at radius 2 is 1.76 bits per heavy atom. The van der Waals surface area contributed by atoms with E-state index in [0.29, 0.717) is 41.1 Å². The predicted molar refractivity (Wildman–Crippen MR) is 122 cm³/mol. The lowest BCUT2D eigenvalue weighted by Gasteiger charge is -2.36. The minimum Gasteiger partial charge on any atom is -0.485 e. The quantitative estimate of drug-likeness (QED) is 0.567. The molecule has 33 heavy (non-hydrogen) atoms. The van der Waals surface area contributed by atoms with E-state index in [2.05, 4.69) is 20.4 Å². The fourth-order valence-electron chi connectivity index (χ4n) is 3.49. The standard InChI is InChI=1S/C23H24ClN5O4/c1-16-26-21(27-33-16)15-32-20-8-2-17(3-9-20)23(31)25-14-22(30)29-12-10-28(11-13-29)19-6-4-18(24)5-7-19/h2-9H,10-15H2,1H3,(H,25,31). The second-order valence-electron chi connectivity index (χ2n) is 7.57. The van der Waals surface area contributed by atoms with E-state index in [1.807, 2.05) is 24.3 Å². The van der Waals surface area contributed by atoms with Crippen LogP contribution in [0.15, 0.2) is 53.1 Å². The molecule has 2 heterocycles. The average molecular weight is 470 g/mol. The minimum atomic E-state index is -0.316. The summed E-state index contributed by atoms with van der Waals surface area (Å²) in [5.74, 6) is 1.07. The molecule has 0 atom stereocenters. The zero-order valence-electron chi connectivity index (χ0n) is 18.2. The first-order valence-electron chi connectivity index (χ1n) is 10.6. The Morgan fingerprint density at radius 3 is 2.39 bits per heavy atom. The maximum Gasteiger partial charge on any atom is 0.251 e. The number of benzene rings is 2. The van der Waals surface area contributed by atoms with Crippen molar-refractivity contribution in [2.75, 3.05) is 37.6 Å². The SMILES string of the molecule is Cc1nc(COc2ccc(C(=O)NCC(=O)N3CCN(c4ccc(Cl)cc4)CC3)cc2)no1. The highest BCUT2D eigenvalue weighted by Gasteiger charge is 2.21. The third-order valence-corrected chi connectivity index (χ3v) is 5.53. The number of nitrogens with zero attached hydrogens (tertiary/aromatic N) is 4. The van der Waals surface area contributed by atoms with Gasteiger partial charge in [-0.25, -0.2) is 0 Å². The van der Waals surface area contributed by atoms with Gasteiger partial charge in [0.15, 0.2) is 6.61 Å². The van der Waals surface area contributed by atoms with E-state index in [9.17, 15) is 9.59 Å².